The molecule has 2 aromatic rings. The molecule has 3 N–H and O–H groups in total. The zero-order valence-corrected chi connectivity index (χ0v) is 13.3. The van der Waals surface area contributed by atoms with Gasteiger partial charge < -0.3 is 20.3 Å². The summed E-state index contributed by atoms with van der Waals surface area (Å²) in [7, 11) is 0. The van der Waals surface area contributed by atoms with Crippen LogP contribution in [0.4, 0.5) is 0 Å². The smallest absolute Gasteiger partial charge is 0.251 e. The van der Waals surface area contributed by atoms with Crippen molar-refractivity contribution in [3.05, 3.63) is 60.2 Å². The van der Waals surface area contributed by atoms with Gasteiger partial charge in [-0.3, -0.25) is 4.79 Å². The Labute approximate surface area is 140 Å². The highest BCUT2D eigenvalue weighted by Crippen LogP contribution is 2.26. The second-order valence-electron chi connectivity index (χ2n) is 6.09. The van der Waals surface area contributed by atoms with Gasteiger partial charge in [0.25, 0.3) is 5.91 Å². The molecule has 1 fully saturated rings. The van der Waals surface area contributed by atoms with Crippen molar-refractivity contribution in [2.75, 3.05) is 6.61 Å². The minimum absolute atomic E-state index is 0.0565. The Balaban J connectivity index is 1.58. The molecule has 0 radical (unpaired) electrons. The molecule has 24 heavy (non-hydrogen) atoms. The van der Waals surface area contributed by atoms with Crippen molar-refractivity contribution in [2.24, 2.45) is 5.92 Å². The van der Waals surface area contributed by atoms with Crippen LogP contribution >= 0.6 is 0 Å². The van der Waals surface area contributed by atoms with Crippen LogP contribution in [0.3, 0.4) is 0 Å². The summed E-state index contributed by atoms with van der Waals surface area (Å²) in [5, 5.41) is 21.9. The van der Waals surface area contributed by atoms with Crippen LogP contribution in [0.25, 0.3) is 0 Å². The van der Waals surface area contributed by atoms with Gasteiger partial charge in [0.1, 0.15) is 11.5 Å². The third kappa shape index (κ3) is 3.93. The van der Waals surface area contributed by atoms with Crippen molar-refractivity contribution in [3.63, 3.8) is 0 Å². The lowest BCUT2D eigenvalue weighted by molar-refractivity contribution is 0.0903. The van der Waals surface area contributed by atoms with Gasteiger partial charge in [-0.1, -0.05) is 18.2 Å². The molecule has 0 aliphatic heterocycles. The molecule has 5 heteroatoms. The van der Waals surface area contributed by atoms with Crippen molar-refractivity contribution < 1.29 is 19.7 Å². The van der Waals surface area contributed by atoms with Crippen molar-refractivity contribution in [2.45, 2.75) is 25.0 Å². The molecule has 1 aliphatic rings. The van der Waals surface area contributed by atoms with Gasteiger partial charge in [0, 0.05) is 24.1 Å². The Kier molecular flexibility index (Phi) is 5.13. The summed E-state index contributed by atoms with van der Waals surface area (Å²) in [5.74, 6) is 1.06. The number of amides is 1. The number of carbonyl (C=O) groups excluding carboxylic acids is 1. The number of hydrogen-bond acceptors (Lipinski definition) is 4. The summed E-state index contributed by atoms with van der Waals surface area (Å²) in [6, 6.07) is 16.3. The molecule has 0 bridgehead atoms. The molecule has 0 saturated heterocycles. The lowest BCUT2D eigenvalue weighted by atomic mass is 10.1. The summed E-state index contributed by atoms with van der Waals surface area (Å²) < 4.78 is 5.70. The number of aliphatic hydroxyl groups excluding tert-OH is 2. The highest BCUT2D eigenvalue weighted by Gasteiger charge is 2.33. The Bertz CT molecular complexity index is 672. The summed E-state index contributed by atoms with van der Waals surface area (Å²) in [6.45, 7) is -0.0565. The molecule has 0 unspecified atom stereocenters. The van der Waals surface area contributed by atoms with Crippen molar-refractivity contribution in [1.82, 2.24) is 5.32 Å². The van der Waals surface area contributed by atoms with Crippen LogP contribution in [0.15, 0.2) is 54.6 Å². The monoisotopic (exact) mass is 327 g/mol. The van der Waals surface area contributed by atoms with E-state index in [-0.39, 0.29) is 24.5 Å². The van der Waals surface area contributed by atoms with Gasteiger partial charge in [-0.05, 0) is 49.2 Å². The fourth-order valence-corrected chi connectivity index (χ4v) is 2.98. The first-order chi connectivity index (χ1) is 11.7. The van der Waals surface area contributed by atoms with E-state index in [0.29, 0.717) is 24.2 Å². The van der Waals surface area contributed by atoms with Crippen LogP contribution in [-0.2, 0) is 0 Å². The van der Waals surface area contributed by atoms with E-state index in [1.165, 1.54) is 0 Å². The first kappa shape index (κ1) is 16.5. The number of nitrogens with one attached hydrogen (secondary N) is 1. The summed E-state index contributed by atoms with van der Waals surface area (Å²) in [5.41, 5.74) is 0.539. The molecule has 0 aromatic heterocycles. The predicted octanol–water partition coefficient (Wildman–Crippen LogP) is 2.34. The van der Waals surface area contributed by atoms with Crippen LogP contribution in [0.5, 0.6) is 11.5 Å². The van der Waals surface area contributed by atoms with E-state index < -0.39 is 6.10 Å². The predicted molar refractivity (Wildman–Crippen MR) is 90.0 cm³/mol. The van der Waals surface area contributed by atoms with Crippen LogP contribution in [0.2, 0.25) is 0 Å². The van der Waals surface area contributed by atoms with Crippen LogP contribution < -0.4 is 10.1 Å². The van der Waals surface area contributed by atoms with Crippen LogP contribution in [-0.4, -0.2) is 34.9 Å². The molecule has 3 atom stereocenters. The fourth-order valence-electron chi connectivity index (χ4n) is 2.98. The summed E-state index contributed by atoms with van der Waals surface area (Å²) in [6.07, 6.45) is 0.520. The largest absolute Gasteiger partial charge is 0.457 e. The molecule has 2 aromatic carbocycles. The number of aliphatic hydroxyl groups is 2. The van der Waals surface area contributed by atoms with Gasteiger partial charge in [0.2, 0.25) is 0 Å². The van der Waals surface area contributed by atoms with Crippen molar-refractivity contribution >= 4 is 5.91 Å². The molecular formula is C19H21NO4. The maximum Gasteiger partial charge on any atom is 0.251 e. The molecule has 1 amide bonds. The normalized spacial score (nSPS) is 23.0. The second-order valence-corrected chi connectivity index (χ2v) is 6.09. The topological polar surface area (TPSA) is 78.8 Å². The molecule has 126 valence electrons. The fraction of sp³-hybridized carbons (Fsp3) is 0.316. The molecule has 0 heterocycles. The quantitative estimate of drug-likeness (QED) is 0.787. The van der Waals surface area contributed by atoms with E-state index in [9.17, 15) is 15.0 Å². The van der Waals surface area contributed by atoms with Crippen LogP contribution in [0, 0.1) is 5.92 Å². The van der Waals surface area contributed by atoms with Crippen molar-refractivity contribution in [1.29, 1.82) is 0 Å². The van der Waals surface area contributed by atoms with Crippen molar-refractivity contribution in [3.8, 4) is 11.5 Å². The number of rotatable bonds is 5. The first-order valence-electron chi connectivity index (χ1n) is 8.08. The second kappa shape index (κ2) is 7.47. The third-order valence-corrected chi connectivity index (χ3v) is 4.32. The average molecular weight is 327 g/mol. The van der Waals surface area contributed by atoms with Gasteiger partial charge >= 0.3 is 0 Å². The number of ether oxygens (including phenoxy) is 1. The highest BCUT2D eigenvalue weighted by atomic mass is 16.5. The molecule has 1 aliphatic carbocycles. The Hall–Kier alpha value is -2.37. The third-order valence-electron chi connectivity index (χ3n) is 4.32. The first-order valence-corrected chi connectivity index (χ1v) is 8.08. The van der Waals surface area contributed by atoms with Crippen LogP contribution in [0.1, 0.15) is 23.2 Å². The maximum absolute atomic E-state index is 12.3. The van der Waals surface area contributed by atoms with E-state index in [1.54, 1.807) is 24.3 Å². The van der Waals surface area contributed by atoms with Gasteiger partial charge in [0.15, 0.2) is 0 Å². The molecule has 3 rings (SSSR count). The SMILES string of the molecule is O=C(N[C@H]1C[C@@H](CO)[C@H](O)C1)c1ccc(Oc2ccccc2)cc1. The van der Waals surface area contributed by atoms with E-state index >= 15 is 0 Å². The van der Waals surface area contributed by atoms with E-state index in [1.807, 2.05) is 30.3 Å². The van der Waals surface area contributed by atoms with E-state index in [4.69, 9.17) is 4.74 Å². The number of carbonyl (C=O) groups is 1. The lowest BCUT2D eigenvalue weighted by Gasteiger charge is -2.13. The Morgan fingerprint density at radius 1 is 1.04 bits per heavy atom. The van der Waals surface area contributed by atoms with Gasteiger partial charge in [-0.25, -0.2) is 0 Å². The number of hydrogen-bond donors (Lipinski definition) is 3. The summed E-state index contributed by atoms with van der Waals surface area (Å²) in [4.78, 5) is 12.3. The van der Waals surface area contributed by atoms with E-state index in [0.717, 1.165) is 5.75 Å². The number of benzene rings is 2. The highest BCUT2D eigenvalue weighted by molar-refractivity contribution is 5.94. The zero-order valence-electron chi connectivity index (χ0n) is 13.3. The van der Waals surface area contributed by atoms with Gasteiger partial charge in [0.05, 0.1) is 6.10 Å². The maximum atomic E-state index is 12.3. The van der Waals surface area contributed by atoms with E-state index in [2.05, 4.69) is 5.32 Å². The lowest BCUT2D eigenvalue weighted by Crippen LogP contribution is -2.33. The zero-order chi connectivity index (χ0) is 16.9. The Morgan fingerprint density at radius 3 is 2.33 bits per heavy atom. The van der Waals surface area contributed by atoms with Gasteiger partial charge in [-0.15, -0.1) is 0 Å². The minimum atomic E-state index is -0.554. The summed E-state index contributed by atoms with van der Waals surface area (Å²) >= 11 is 0. The number of para-hydroxylation sites is 1. The molecule has 0 spiro atoms. The Morgan fingerprint density at radius 2 is 1.71 bits per heavy atom. The van der Waals surface area contributed by atoms with Gasteiger partial charge in [-0.2, -0.15) is 0 Å². The average Bonchev–Trinajstić information content (AvgIpc) is 2.96. The molecule has 1 saturated carbocycles. The molecule has 5 nitrogen and oxygen atoms in total. The standard InChI is InChI=1S/C19H21NO4/c21-12-14-10-15(11-18(14)22)20-19(23)13-6-8-17(9-7-13)24-16-4-2-1-3-5-16/h1-9,14-15,18,21-22H,10-12H2,(H,20,23)/t14-,15-,18+/m0/s1. The minimum Gasteiger partial charge on any atom is -0.457 e. The molecular weight excluding hydrogens is 306 g/mol.